The average molecular weight is 277 g/mol. The first-order valence-corrected chi connectivity index (χ1v) is 5.71. The van der Waals surface area contributed by atoms with Crippen molar-refractivity contribution in [2.75, 3.05) is 21.3 Å². The number of para-hydroxylation sites is 1. The minimum absolute atomic E-state index is 0.161. The molecule has 0 aromatic heterocycles. The van der Waals surface area contributed by atoms with Gasteiger partial charge in [0.2, 0.25) is 0 Å². The number of methoxy groups -OCH3 is 3. The Balaban J connectivity index is 3.21. The van der Waals surface area contributed by atoms with E-state index in [9.17, 15) is 9.59 Å². The van der Waals surface area contributed by atoms with Crippen LogP contribution in [0.15, 0.2) is 40.9 Å². The standard InChI is InChI=1S/C14H15NO5/c1-18-12(14(17)20-3)11(13(16)19-2)9-15-10-7-5-4-6-8-10/h4-8,12H,1-3H3. The molecule has 6 heteroatoms. The summed E-state index contributed by atoms with van der Waals surface area (Å²) in [4.78, 5) is 27.2. The Morgan fingerprint density at radius 2 is 1.75 bits per heavy atom. The third-order valence-electron chi connectivity index (χ3n) is 2.38. The third kappa shape index (κ3) is 4.05. The molecule has 0 saturated carbocycles. The molecule has 0 radical (unpaired) electrons. The lowest BCUT2D eigenvalue weighted by molar-refractivity contribution is -0.153. The fourth-order valence-electron chi connectivity index (χ4n) is 1.39. The predicted molar refractivity (Wildman–Crippen MR) is 71.9 cm³/mol. The maximum absolute atomic E-state index is 11.7. The number of rotatable bonds is 5. The van der Waals surface area contributed by atoms with E-state index in [1.807, 2.05) is 6.07 Å². The minimum Gasteiger partial charge on any atom is -0.467 e. The fourth-order valence-corrected chi connectivity index (χ4v) is 1.39. The maximum Gasteiger partial charge on any atom is 0.346 e. The van der Waals surface area contributed by atoms with Crippen molar-refractivity contribution >= 4 is 23.5 Å². The van der Waals surface area contributed by atoms with E-state index in [-0.39, 0.29) is 5.57 Å². The average Bonchev–Trinajstić information content (AvgIpc) is 2.51. The van der Waals surface area contributed by atoms with Gasteiger partial charge in [-0.2, -0.15) is 0 Å². The normalized spacial score (nSPS) is 10.9. The maximum atomic E-state index is 11.7. The highest BCUT2D eigenvalue weighted by atomic mass is 16.6. The summed E-state index contributed by atoms with van der Waals surface area (Å²) < 4.78 is 14.1. The molecule has 0 spiro atoms. The first-order chi connectivity index (χ1) is 9.63. The van der Waals surface area contributed by atoms with E-state index < -0.39 is 18.0 Å². The van der Waals surface area contributed by atoms with Crippen LogP contribution < -0.4 is 0 Å². The van der Waals surface area contributed by atoms with Gasteiger partial charge in [0.15, 0.2) is 6.10 Å². The van der Waals surface area contributed by atoms with Gasteiger partial charge in [-0.05, 0) is 12.1 Å². The van der Waals surface area contributed by atoms with Gasteiger partial charge in [-0.15, -0.1) is 0 Å². The number of ether oxygens (including phenoxy) is 3. The van der Waals surface area contributed by atoms with Crippen molar-refractivity contribution in [3.05, 3.63) is 35.9 Å². The largest absolute Gasteiger partial charge is 0.467 e. The van der Waals surface area contributed by atoms with Gasteiger partial charge in [-0.25, -0.2) is 14.6 Å². The fraction of sp³-hybridized carbons (Fsp3) is 0.286. The smallest absolute Gasteiger partial charge is 0.346 e. The summed E-state index contributed by atoms with van der Waals surface area (Å²) in [5.74, 6) is 0.999. The molecule has 1 atom stereocenters. The molecule has 0 aliphatic carbocycles. The molecule has 0 bridgehead atoms. The molecule has 1 unspecified atom stereocenters. The van der Waals surface area contributed by atoms with Crippen LogP contribution in [0.25, 0.3) is 0 Å². The number of benzene rings is 1. The Morgan fingerprint density at radius 3 is 2.25 bits per heavy atom. The summed E-state index contributed by atoms with van der Waals surface area (Å²) in [5, 5.41) is 0. The van der Waals surface area contributed by atoms with Crippen molar-refractivity contribution in [1.29, 1.82) is 0 Å². The van der Waals surface area contributed by atoms with E-state index in [4.69, 9.17) is 4.74 Å². The number of hydrogen-bond acceptors (Lipinski definition) is 6. The van der Waals surface area contributed by atoms with Crippen LogP contribution >= 0.6 is 0 Å². The summed E-state index contributed by atoms with van der Waals surface area (Å²) in [6.07, 6.45) is -1.24. The van der Waals surface area contributed by atoms with Crippen LogP contribution in [0.2, 0.25) is 0 Å². The van der Waals surface area contributed by atoms with Gasteiger partial charge < -0.3 is 14.2 Å². The Bertz CT molecular complexity index is 532. The van der Waals surface area contributed by atoms with Gasteiger partial charge >= 0.3 is 11.9 Å². The highest BCUT2D eigenvalue weighted by molar-refractivity contribution is 6.04. The minimum atomic E-state index is -1.24. The van der Waals surface area contributed by atoms with Crippen molar-refractivity contribution in [3.8, 4) is 0 Å². The van der Waals surface area contributed by atoms with Crippen LogP contribution in [-0.4, -0.2) is 45.2 Å². The molecule has 0 fully saturated rings. The van der Waals surface area contributed by atoms with Gasteiger partial charge in [0.25, 0.3) is 0 Å². The van der Waals surface area contributed by atoms with E-state index in [2.05, 4.69) is 20.3 Å². The van der Waals surface area contributed by atoms with Crippen molar-refractivity contribution in [1.82, 2.24) is 0 Å². The molecular weight excluding hydrogens is 262 g/mol. The first kappa shape index (κ1) is 15.6. The second-order valence-electron chi connectivity index (χ2n) is 3.60. The summed E-state index contributed by atoms with van der Waals surface area (Å²) in [6, 6.07) is 8.85. The Labute approximate surface area is 116 Å². The highest BCUT2D eigenvalue weighted by Crippen LogP contribution is 2.11. The van der Waals surface area contributed by atoms with Gasteiger partial charge in [-0.1, -0.05) is 18.2 Å². The molecule has 1 rings (SSSR count). The molecule has 0 aliphatic heterocycles. The topological polar surface area (TPSA) is 74.2 Å². The van der Waals surface area contributed by atoms with Crippen molar-refractivity contribution < 1.29 is 23.8 Å². The second kappa shape index (κ2) is 7.89. The summed E-state index contributed by atoms with van der Waals surface area (Å²) >= 11 is 0. The Kier molecular flexibility index (Phi) is 6.16. The van der Waals surface area contributed by atoms with E-state index in [1.54, 1.807) is 24.3 Å². The SMILES string of the molecule is COC(=O)C(=C=Nc1ccccc1)C(OC)C(=O)OC. The van der Waals surface area contributed by atoms with Gasteiger partial charge in [0, 0.05) is 13.0 Å². The number of carbonyl (C=O) groups excluding carboxylic acids is 2. The summed E-state index contributed by atoms with van der Waals surface area (Å²) in [6.45, 7) is 0. The Hall–Kier alpha value is -2.43. The van der Waals surface area contributed by atoms with Crippen LogP contribution in [0.3, 0.4) is 0 Å². The van der Waals surface area contributed by atoms with Crippen LogP contribution in [0.1, 0.15) is 0 Å². The van der Waals surface area contributed by atoms with Crippen LogP contribution in [0, 0.1) is 0 Å². The Morgan fingerprint density at radius 1 is 1.10 bits per heavy atom. The zero-order valence-electron chi connectivity index (χ0n) is 11.5. The molecule has 0 N–H and O–H groups in total. The summed E-state index contributed by atoms with van der Waals surface area (Å²) in [5.41, 5.74) is 0.416. The monoisotopic (exact) mass is 277 g/mol. The molecule has 0 saturated heterocycles. The van der Waals surface area contributed by atoms with Gasteiger partial charge in [-0.3, -0.25) is 0 Å². The van der Waals surface area contributed by atoms with E-state index in [1.165, 1.54) is 21.3 Å². The highest BCUT2D eigenvalue weighted by Gasteiger charge is 2.29. The van der Waals surface area contributed by atoms with Crippen LogP contribution in [0.5, 0.6) is 0 Å². The second-order valence-corrected chi connectivity index (χ2v) is 3.60. The number of hydrogen-bond donors (Lipinski definition) is 0. The van der Waals surface area contributed by atoms with E-state index in [0.717, 1.165) is 0 Å². The van der Waals surface area contributed by atoms with Crippen LogP contribution in [0.4, 0.5) is 5.69 Å². The number of nitrogens with zero attached hydrogens (tertiary/aromatic N) is 1. The zero-order chi connectivity index (χ0) is 15.0. The van der Waals surface area contributed by atoms with Crippen molar-refractivity contribution in [3.63, 3.8) is 0 Å². The predicted octanol–water partition coefficient (Wildman–Crippen LogP) is 1.28. The van der Waals surface area contributed by atoms with Crippen molar-refractivity contribution in [2.45, 2.75) is 6.10 Å². The molecule has 106 valence electrons. The van der Waals surface area contributed by atoms with Gasteiger partial charge in [0.05, 0.1) is 19.9 Å². The van der Waals surface area contributed by atoms with Crippen LogP contribution in [-0.2, 0) is 23.8 Å². The molecule has 0 aliphatic rings. The van der Waals surface area contributed by atoms with Crippen molar-refractivity contribution in [2.24, 2.45) is 4.99 Å². The number of aliphatic imine (C=N–C) groups is 1. The quantitative estimate of drug-likeness (QED) is 0.460. The summed E-state index contributed by atoms with van der Waals surface area (Å²) in [7, 11) is 3.66. The lowest BCUT2D eigenvalue weighted by Gasteiger charge is -2.12. The zero-order valence-corrected chi connectivity index (χ0v) is 11.5. The van der Waals surface area contributed by atoms with E-state index >= 15 is 0 Å². The molecule has 0 amide bonds. The number of esters is 2. The van der Waals surface area contributed by atoms with E-state index in [0.29, 0.717) is 5.69 Å². The molecule has 20 heavy (non-hydrogen) atoms. The molecule has 1 aromatic rings. The molecule has 6 nitrogen and oxygen atoms in total. The lowest BCUT2D eigenvalue weighted by atomic mass is 10.1. The van der Waals surface area contributed by atoms with Gasteiger partial charge in [0.1, 0.15) is 5.57 Å². The lowest BCUT2D eigenvalue weighted by Crippen LogP contribution is -2.31. The molecule has 1 aromatic carbocycles. The molecule has 0 heterocycles. The molecular formula is C14H15NO5. The third-order valence-corrected chi connectivity index (χ3v) is 2.38. The number of carbonyl (C=O) groups is 2. The first-order valence-electron chi connectivity index (χ1n) is 5.71.